The number of Topliss-reactive ketones (excluding diaryl/α,β-unsaturated/α-hetero) is 1. The molecule has 170 valence electrons. The van der Waals surface area contributed by atoms with Crippen LogP contribution in [0.4, 0.5) is 18.9 Å². The maximum absolute atomic E-state index is 13.4. The molecular formula is C23H17F3N2O4S. The number of benzene rings is 2. The SMILES string of the molecule is Cc1nc(C)c(C(=O)C2=C(O)C(=O)N(c3ccc(OC(F)(F)F)cc3)C2c2ccccc2)s1. The second-order valence-electron chi connectivity index (χ2n) is 7.27. The Morgan fingerprint density at radius 3 is 2.27 bits per heavy atom. The van der Waals surface area contributed by atoms with Crippen LogP contribution in [0.1, 0.15) is 32.0 Å². The van der Waals surface area contributed by atoms with Crippen LogP contribution in [0.25, 0.3) is 0 Å². The number of hydrogen-bond donors (Lipinski definition) is 1. The topological polar surface area (TPSA) is 79.7 Å². The Morgan fingerprint density at radius 1 is 1.09 bits per heavy atom. The lowest BCUT2D eigenvalue weighted by Gasteiger charge is -2.27. The summed E-state index contributed by atoms with van der Waals surface area (Å²) in [6, 6.07) is 12.3. The molecule has 0 bridgehead atoms. The van der Waals surface area contributed by atoms with Gasteiger partial charge >= 0.3 is 6.36 Å². The zero-order valence-electron chi connectivity index (χ0n) is 17.4. The van der Waals surface area contributed by atoms with Crippen molar-refractivity contribution in [2.24, 2.45) is 0 Å². The van der Waals surface area contributed by atoms with E-state index in [0.717, 1.165) is 23.5 Å². The molecule has 2 aromatic carbocycles. The van der Waals surface area contributed by atoms with Gasteiger partial charge in [0.15, 0.2) is 5.76 Å². The number of halogens is 3. The summed E-state index contributed by atoms with van der Waals surface area (Å²) in [6.45, 7) is 3.41. The highest BCUT2D eigenvalue weighted by molar-refractivity contribution is 7.14. The predicted octanol–water partition coefficient (Wildman–Crippen LogP) is 5.44. The Balaban J connectivity index is 1.79. The number of carbonyl (C=O) groups excluding carboxylic acids is 2. The molecule has 2 heterocycles. The third-order valence-electron chi connectivity index (χ3n) is 5.03. The van der Waals surface area contributed by atoms with Crippen molar-refractivity contribution in [2.45, 2.75) is 26.3 Å². The van der Waals surface area contributed by atoms with Gasteiger partial charge in [-0.3, -0.25) is 14.5 Å². The number of hydrogen-bond acceptors (Lipinski definition) is 6. The molecule has 1 aliphatic rings. The molecule has 10 heteroatoms. The fourth-order valence-electron chi connectivity index (χ4n) is 3.73. The van der Waals surface area contributed by atoms with Gasteiger partial charge in [0, 0.05) is 5.69 Å². The Labute approximate surface area is 190 Å². The average molecular weight is 474 g/mol. The van der Waals surface area contributed by atoms with Crippen LogP contribution < -0.4 is 9.64 Å². The van der Waals surface area contributed by atoms with Crippen LogP contribution in [0.5, 0.6) is 5.75 Å². The van der Waals surface area contributed by atoms with E-state index < -0.39 is 35.6 Å². The molecule has 4 rings (SSSR count). The van der Waals surface area contributed by atoms with Gasteiger partial charge in [-0.2, -0.15) is 0 Å². The van der Waals surface area contributed by atoms with E-state index in [4.69, 9.17) is 0 Å². The van der Waals surface area contributed by atoms with E-state index in [2.05, 4.69) is 9.72 Å². The number of anilines is 1. The van der Waals surface area contributed by atoms with Crippen LogP contribution in [0.3, 0.4) is 0 Å². The number of nitrogens with zero attached hydrogens (tertiary/aromatic N) is 2. The zero-order chi connectivity index (χ0) is 23.9. The highest BCUT2D eigenvalue weighted by atomic mass is 32.1. The number of aliphatic hydroxyl groups is 1. The first-order chi connectivity index (χ1) is 15.6. The normalized spacial score (nSPS) is 16.5. The minimum absolute atomic E-state index is 0.117. The predicted molar refractivity (Wildman–Crippen MR) is 115 cm³/mol. The molecule has 0 saturated carbocycles. The Bertz CT molecular complexity index is 1250. The lowest BCUT2D eigenvalue weighted by Crippen LogP contribution is -2.31. The summed E-state index contributed by atoms with van der Waals surface area (Å²) in [6.07, 6.45) is -4.86. The number of ether oxygens (including phenoxy) is 1. The second kappa shape index (κ2) is 8.36. The van der Waals surface area contributed by atoms with Gasteiger partial charge in [0.1, 0.15) is 5.75 Å². The van der Waals surface area contributed by atoms with E-state index in [-0.39, 0.29) is 11.3 Å². The highest BCUT2D eigenvalue weighted by Gasteiger charge is 2.45. The van der Waals surface area contributed by atoms with Gasteiger partial charge in [-0.05, 0) is 43.7 Å². The van der Waals surface area contributed by atoms with Gasteiger partial charge in [-0.25, -0.2) is 4.98 Å². The monoisotopic (exact) mass is 474 g/mol. The fraction of sp³-hybridized carbons (Fsp3) is 0.174. The molecule has 1 amide bonds. The van der Waals surface area contributed by atoms with Gasteiger partial charge < -0.3 is 9.84 Å². The summed E-state index contributed by atoms with van der Waals surface area (Å²) in [5, 5.41) is 11.4. The molecule has 1 unspecified atom stereocenters. The molecule has 1 aliphatic heterocycles. The Kier molecular flexibility index (Phi) is 5.71. The lowest BCUT2D eigenvalue weighted by atomic mass is 9.95. The number of ketones is 1. The van der Waals surface area contributed by atoms with Crippen molar-refractivity contribution in [2.75, 3.05) is 4.90 Å². The van der Waals surface area contributed by atoms with Crippen LogP contribution in [0.15, 0.2) is 65.9 Å². The molecule has 33 heavy (non-hydrogen) atoms. The third-order valence-corrected chi connectivity index (χ3v) is 6.10. The van der Waals surface area contributed by atoms with Crippen molar-refractivity contribution < 1.29 is 32.6 Å². The Morgan fingerprint density at radius 2 is 1.73 bits per heavy atom. The minimum atomic E-state index is -4.86. The van der Waals surface area contributed by atoms with E-state index in [1.807, 2.05) is 0 Å². The van der Waals surface area contributed by atoms with E-state index in [1.165, 1.54) is 17.0 Å². The van der Waals surface area contributed by atoms with Crippen molar-refractivity contribution in [3.05, 3.63) is 87.1 Å². The number of aryl methyl sites for hydroxylation is 2. The number of amides is 1. The van der Waals surface area contributed by atoms with Crippen molar-refractivity contribution >= 4 is 28.7 Å². The molecule has 0 spiro atoms. The van der Waals surface area contributed by atoms with Crippen LogP contribution >= 0.6 is 11.3 Å². The van der Waals surface area contributed by atoms with Crippen molar-refractivity contribution in [3.8, 4) is 5.75 Å². The number of rotatable bonds is 5. The van der Waals surface area contributed by atoms with Gasteiger partial charge in [0.25, 0.3) is 5.91 Å². The fourth-order valence-corrected chi connectivity index (χ4v) is 4.60. The van der Waals surface area contributed by atoms with Crippen LogP contribution in [-0.4, -0.2) is 28.1 Å². The van der Waals surface area contributed by atoms with Crippen molar-refractivity contribution in [3.63, 3.8) is 0 Å². The zero-order valence-corrected chi connectivity index (χ0v) is 18.2. The second-order valence-corrected chi connectivity index (χ2v) is 8.47. The van der Waals surface area contributed by atoms with Crippen LogP contribution in [0, 0.1) is 13.8 Å². The summed E-state index contributed by atoms with van der Waals surface area (Å²) in [5.41, 5.74) is 1.10. The van der Waals surface area contributed by atoms with Crippen molar-refractivity contribution in [1.29, 1.82) is 0 Å². The quantitative estimate of drug-likeness (QED) is 0.498. The van der Waals surface area contributed by atoms with Crippen LogP contribution in [0.2, 0.25) is 0 Å². The van der Waals surface area contributed by atoms with Crippen LogP contribution in [-0.2, 0) is 4.79 Å². The van der Waals surface area contributed by atoms with Gasteiger partial charge in [-0.1, -0.05) is 30.3 Å². The number of carbonyl (C=O) groups is 2. The standard InChI is InChI=1S/C23H17F3N2O4S/c1-12-21(33-13(2)27-12)19(29)17-18(14-6-4-3-5-7-14)28(22(31)20(17)30)15-8-10-16(11-9-15)32-23(24,25)26/h3-11,18,30H,1-2H3. The largest absolute Gasteiger partial charge is 0.573 e. The number of aliphatic hydroxyl groups excluding tert-OH is 1. The minimum Gasteiger partial charge on any atom is -0.503 e. The van der Waals surface area contributed by atoms with E-state index in [0.29, 0.717) is 21.1 Å². The number of thiazole rings is 1. The van der Waals surface area contributed by atoms with Gasteiger partial charge in [-0.15, -0.1) is 24.5 Å². The maximum atomic E-state index is 13.4. The van der Waals surface area contributed by atoms with Gasteiger partial charge in [0.2, 0.25) is 5.78 Å². The molecule has 1 atom stereocenters. The number of alkyl halides is 3. The first kappa shape index (κ1) is 22.5. The Hall–Kier alpha value is -3.66. The third kappa shape index (κ3) is 4.34. The molecule has 0 aliphatic carbocycles. The number of aromatic nitrogens is 1. The first-order valence-electron chi connectivity index (χ1n) is 9.73. The maximum Gasteiger partial charge on any atom is 0.573 e. The summed E-state index contributed by atoms with van der Waals surface area (Å²) in [4.78, 5) is 32.3. The smallest absolute Gasteiger partial charge is 0.503 e. The summed E-state index contributed by atoms with van der Waals surface area (Å²) in [5.74, 6) is -2.54. The molecule has 0 fully saturated rings. The molecule has 0 saturated heterocycles. The van der Waals surface area contributed by atoms with Crippen molar-refractivity contribution in [1.82, 2.24) is 4.98 Å². The van der Waals surface area contributed by atoms with E-state index in [1.54, 1.807) is 44.2 Å². The average Bonchev–Trinajstić information content (AvgIpc) is 3.23. The molecule has 1 aromatic heterocycles. The first-order valence-corrected chi connectivity index (χ1v) is 10.5. The summed E-state index contributed by atoms with van der Waals surface area (Å²) >= 11 is 1.16. The molecule has 1 N–H and O–H groups in total. The molecule has 3 aromatic rings. The molecule has 0 radical (unpaired) electrons. The van der Waals surface area contributed by atoms with E-state index in [9.17, 15) is 27.9 Å². The molecular weight excluding hydrogens is 457 g/mol. The molecule has 6 nitrogen and oxygen atoms in total. The van der Waals surface area contributed by atoms with E-state index >= 15 is 0 Å². The summed E-state index contributed by atoms with van der Waals surface area (Å²) in [7, 11) is 0. The summed E-state index contributed by atoms with van der Waals surface area (Å²) < 4.78 is 41.4. The van der Waals surface area contributed by atoms with Gasteiger partial charge in [0.05, 0.1) is 27.2 Å². The highest BCUT2D eigenvalue weighted by Crippen LogP contribution is 2.43. The lowest BCUT2D eigenvalue weighted by molar-refractivity contribution is -0.274.